The van der Waals surface area contributed by atoms with Gasteiger partial charge in [0.25, 0.3) is 0 Å². The number of carbonyl (C=O) groups is 1. The summed E-state index contributed by atoms with van der Waals surface area (Å²) < 4.78 is 1.66. The number of rotatable bonds is 1. The molecule has 3 rings (SSSR count). The summed E-state index contributed by atoms with van der Waals surface area (Å²) in [6.45, 7) is 4.71. The number of nitrogens with zero attached hydrogens (tertiary/aromatic N) is 6. The van der Waals surface area contributed by atoms with Crippen molar-refractivity contribution in [2.75, 3.05) is 31.1 Å². The summed E-state index contributed by atoms with van der Waals surface area (Å²) in [5.74, 6) is 1.03. The Labute approximate surface area is 104 Å². The Bertz CT molecular complexity index is 572. The van der Waals surface area contributed by atoms with Crippen molar-refractivity contribution in [2.45, 2.75) is 6.92 Å². The van der Waals surface area contributed by atoms with Crippen LogP contribution in [0.2, 0.25) is 0 Å². The van der Waals surface area contributed by atoms with Gasteiger partial charge in [0, 0.05) is 33.1 Å². The second-order valence-electron chi connectivity index (χ2n) is 4.32. The fraction of sp³-hybridized carbons (Fsp3) is 0.455. The number of hydrogen-bond acceptors (Lipinski definition) is 5. The number of aromatic nitrogens is 4. The van der Waals surface area contributed by atoms with Gasteiger partial charge in [-0.1, -0.05) is 0 Å². The number of carbonyl (C=O) groups excluding carboxylic acids is 1. The first-order valence-corrected chi connectivity index (χ1v) is 5.91. The van der Waals surface area contributed by atoms with Crippen LogP contribution >= 0.6 is 0 Å². The third kappa shape index (κ3) is 1.87. The molecule has 1 aliphatic heterocycles. The molecule has 0 N–H and O–H groups in total. The van der Waals surface area contributed by atoms with E-state index in [0.29, 0.717) is 0 Å². The minimum absolute atomic E-state index is 0.136. The van der Waals surface area contributed by atoms with Gasteiger partial charge >= 0.3 is 0 Å². The fourth-order valence-electron chi connectivity index (χ4n) is 2.14. The third-order valence-corrected chi connectivity index (χ3v) is 3.20. The topological polar surface area (TPSA) is 66.6 Å². The van der Waals surface area contributed by atoms with Crippen LogP contribution in [0.4, 0.5) is 5.82 Å². The van der Waals surface area contributed by atoms with E-state index >= 15 is 0 Å². The number of anilines is 1. The quantitative estimate of drug-likeness (QED) is 0.696. The van der Waals surface area contributed by atoms with E-state index in [1.54, 1.807) is 17.8 Å². The predicted molar refractivity (Wildman–Crippen MR) is 65.2 cm³/mol. The normalized spacial score (nSPS) is 16.3. The van der Waals surface area contributed by atoms with E-state index < -0.39 is 0 Å². The molecule has 7 heteroatoms. The van der Waals surface area contributed by atoms with Crippen molar-refractivity contribution in [3.63, 3.8) is 0 Å². The molecule has 1 fully saturated rings. The Hall–Kier alpha value is -2.18. The molecule has 0 radical (unpaired) electrons. The van der Waals surface area contributed by atoms with Crippen LogP contribution in [0.15, 0.2) is 18.5 Å². The van der Waals surface area contributed by atoms with E-state index in [2.05, 4.69) is 20.2 Å². The Morgan fingerprint density at radius 3 is 2.72 bits per heavy atom. The highest BCUT2D eigenvalue weighted by Gasteiger charge is 2.19. The van der Waals surface area contributed by atoms with Crippen LogP contribution < -0.4 is 4.90 Å². The zero-order valence-electron chi connectivity index (χ0n) is 10.2. The van der Waals surface area contributed by atoms with E-state index in [9.17, 15) is 4.79 Å². The van der Waals surface area contributed by atoms with Crippen LogP contribution in [0.5, 0.6) is 0 Å². The molecule has 0 spiro atoms. The lowest BCUT2D eigenvalue weighted by atomic mass is 10.3. The molecule has 0 unspecified atom stereocenters. The smallest absolute Gasteiger partial charge is 0.219 e. The van der Waals surface area contributed by atoms with Gasteiger partial charge in [0.1, 0.15) is 12.1 Å². The second-order valence-corrected chi connectivity index (χ2v) is 4.32. The van der Waals surface area contributed by atoms with Crippen molar-refractivity contribution in [1.29, 1.82) is 0 Å². The SMILES string of the molecule is CC(=O)N1CCN(c2ccc3nncn3n2)CC1. The molecule has 0 saturated carbocycles. The van der Waals surface area contributed by atoms with Crippen LogP contribution in [-0.4, -0.2) is 56.8 Å². The first-order valence-electron chi connectivity index (χ1n) is 5.91. The maximum absolute atomic E-state index is 11.3. The number of piperazine rings is 1. The fourth-order valence-corrected chi connectivity index (χ4v) is 2.14. The average Bonchev–Trinajstić information content (AvgIpc) is 2.86. The second kappa shape index (κ2) is 4.25. The molecule has 0 atom stereocenters. The molecule has 0 aromatic carbocycles. The Balaban J connectivity index is 1.77. The zero-order chi connectivity index (χ0) is 12.5. The lowest BCUT2D eigenvalue weighted by Gasteiger charge is -2.34. The minimum atomic E-state index is 0.136. The highest BCUT2D eigenvalue weighted by molar-refractivity contribution is 5.73. The maximum Gasteiger partial charge on any atom is 0.219 e. The zero-order valence-corrected chi connectivity index (χ0v) is 10.2. The largest absolute Gasteiger partial charge is 0.352 e. The van der Waals surface area contributed by atoms with Crippen LogP contribution in [0, 0.1) is 0 Å². The van der Waals surface area contributed by atoms with E-state index in [4.69, 9.17) is 0 Å². The van der Waals surface area contributed by atoms with Gasteiger partial charge in [0.2, 0.25) is 5.91 Å². The molecule has 7 nitrogen and oxygen atoms in total. The first kappa shape index (κ1) is 10.9. The summed E-state index contributed by atoms with van der Waals surface area (Å²) in [6.07, 6.45) is 1.59. The highest BCUT2D eigenvalue weighted by Crippen LogP contribution is 2.13. The Morgan fingerprint density at radius 1 is 1.22 bits per heavy atom. The highest BCUT2D eigenvalue weighted by atomic mass is 16.2. The Morgan fingerprint density at radius 2 is 2.00 bits per heavy atom. The first-order chi connectivity index (χ1) is 8.74. The molecule has 2 aromatic heterocycles. The molecule has 18 heavy (non-hydrogen) atoms. The van der Waals surface area contributed by atoms with Crippen molar-refractivity contribution in [3.8, 4) is 0 Å². The van der Waals surface area contributed by atoms with E-state index in [1.807, 2.05) is 17.0 Å². The molecule has 2 aromatic rings. The molecule has 1 amide bonds. The molecular formula is C11H14N6O. The number of fused-ring (bicyclic) bond motifs is 1. The van der Waals surface area contributed by atoms with Gasteiger partial charge < -0.3 is 9.80 Å². The minimum Gasteiger partial charge on any atom is -0.352 e. The van der Waals surface area contributed by atoms with Crippen molar-refractivity contribution in [3.05, 3.63) is 18.5 Å². The lowest BCUT2D eigenvalue weighted by molar-refractivity contribution is -0.129. The number of amides is 1. The van der Waals surface area contributed by atoms with Crippen LogP contribution in [0.3, 0.4) is 0 Å². The molecular weight excluding hydrogens is 232 g/mol. The van der Waals surface area contributed by atoms with Crippen LogP contribution in [0.1, 0.15) is 6.92 Å². The van der Waals surface area contributed by atoms with Gasteiger partial charge in [-0.2, -0.15) is 4.52 Å². The van der Waals surface area contributed by atoms with E-state index in [0.717, 1.165) is 37.6 Å². The molecule has 1 saturated heterocycles. The third-order valence-electron chi connectivity index (χ3n) is 3.20. The monoisotopic (exact) mass is 246 g/mol. The van der Waals surface area contributed by atoms with Crippen LogP contribution in [0.25, 0.3) is 5.65 Å². The summed E-state index contributed by atoms with van der Waals surface area (Å²) in [5, 5.41) is 12.2. The summed E-state index contributed by atoms with van der Waals surface area (Å²) in [7, 11) is 0. The molecule has 3 heterocycles. The van der Waals surface area contributed by atoms with Crippen molar-refractivity contribution in [1.82, 2.24) is 24.7 Å². The average molecular weight is 246 g/mol. The van der Waals surface area contributed by atoms with Gasteiger partial charge in [-0.3, -0.25) is 4.79 Å². The molecule has 0 bridgehead atoms. The van der Waals surface area contributed by atoms with Crippen molar-refractivity contribution < 1.29 is 4.79 Å². The van der Waals surface area contributed by atoms with Gasteiger partial charge in [0.05, 0.1) is 0 Å². The maximum atomic E-state index is 11.3. The van der Waals surface area contributed by atoms with E-state index in [-0.39, 0.29) is 5.91 Å². The van der Waals surface area contributed by atoms with Crippen molar-refractivity contribution in [2.24, 2.45) is 0 Å². The lowest BCUT2D eigenvalue weighted by Crippen LogP contribution is -2.48. The molecule has 94 valence electrons. The summed E-state index contributed by atoms with van der Waals surface area (Å²) in [4.78, 5) is 15.3. The summed E-state index contributed by atoms with van der Waals surface area (Å²) in [6, 6.07) is 3.83. The number of hydrogen-bond donors (Lipinski definition) is 0. The summed E-state index contributed by atoms with van der Waals surface area (Å²) >= 11 is 0. The van der Waals surface area contributed by atoms with Gasteiger partial charge in [-0.05, 0) is 12.1 Å². The molecule has 0 aliphatic carbocycles. The predicted octanol–water partition coefficient (Wildman–Crippen LogP) is -0.207. The van der Waals surface area contributed by atoms with Gasteiger partial charge in [0.15, 0.2) is 5.65 Å². The van der Waals surface area contributed by atoms with Crippen LogP contribution in [-0.2, 0) is 4.79 Å². The summed E-state index contributed by atoms with van der Waals surface area (Å²) in [5.41, 5.74) is 0.737. The van der Waals surface area contributed by atoms with E-state index in [1.165, 1.54) is 0 Å². The van der Waals surface area contributed by atoms with Crippen molar-refractivity contribution >= 4 is 17.4 Å². The molecule has 1 aliphatic rings. The Kier molecular flexibility index (Phi) is 2.58. The standard InChI is InChI=1S/C11H14N6O/c1-9(18)15-4-6-16(7-5-15)11-3-2-10-13-12-8-17(10)14-11/h2-3,8H,4-7H2,1H3. The van der Waals surface area contributed by atoms with Gasteiger partial charge in [-0.15, -0.1) is 15.3 Å². The van der Waals surface area contributed by atoms with Gasteiger partial charge in [-0.25, -0.2) is 0 Å².